The Hall–Kier alpha value is -1.63. The summed E-state index contributed by atoms with van der Waals surface area (Å²) in [6, 6.07) is 0. The Morgan fingerprint density at radius 1 is 1.12 bits per heavy atom. The zero-order valence-corrected chi connectivity index (χ0v) is 9.94. The summed E-state index contributed by atoms with van der Waals surface area (Å²) in [5.74, 6) is -1.20. The lowest BCUT2D eigenvalue weighted by molar-refractivity contribution is -0.148. The van der Waals surface area contributed by atoms with Gasteiger partial charge in [-0.3, -0.25) is 14.4 Å². The molecule has 1 saturated heterocycles. The molecule has 1 heterocycles. The Morgan fingerprint density at radius 3 is 2.12 bits per heavy atom. The molecule has 7 nitrogen and oxygen atoms in total. The van der Waals surface area contributed by atoms with Crippen LogP contribution >= 0.6 is 0 Å². The SMILES string of the molecule is CC(=O)N1CCN(C(=O)C(=O)NCCN)CC1. The maximum absolute atomic E-state index is 11.7. The van der Waals surface area contributed by atoms with E-state index in [1.165, 1.54) is 11.8 Å². The third-order valence-corrected chi connectivity index (χ3v) is 2.64. The van der Waals surface area contributed by atoms with Crippen molar-refractivity contribution in [2.24, 2.45) is 5.73 Å². The number of nitrogens with one attached hydrogen (secondary N) is 1. The average Bonchev–Trinajstić information content (AvgIpc) is 2.35. The molecule has 0 aliphatic carbocycles. The van der Waals surface area contributed by atoms with Gasteiger partial charge in [0.25, 0.3) is 0 Å². The van der Waals surface area contributed by atoms with Gasteiger partial charge in [-0.15, -0.1) is 0 Å². The molecular weight excluding hydrogens is 224 g/mol. The molecule has 17 heavy (non-hydrogen) atoms. The van der Waals surface area contributed by atoms with E-state index in [1.807, 2.05) is 0 Å². The lowest BCUT2D eigenvalue weighted by atomic mass is 10.3. The normalized spacial score (nSPS) is 15.6. The molecule has 0 aromatic heterocycles. The van der Waals surface area contributed by atoms with Gasteiger partial charge in [-0.25, -0.2) is 0 Å². The summed E-state index contributed by atoms with van der Waals surface area (Å²) < 4.78 is 0. The number of nitrogens with two attached hydrogens (primary N) is 1. The van der Waals surface area contributed by atoms with Crippen LogP contribution in [0.5, 0.6) is 0 Å². The van der Waals surface area contributed by atoms with Gasteiger partial charge in [0.1, 0.15) is 0 Å². The molecule has 0 saturated carbocycles. The van der Waals surface area contributed by atoms with Crippen LogP contribution in [0.1, 0.15) is 6.92 Å². The molecule has 1 aliphatic heterocycles. The van der Waals surface area contributed by atoms with Gasteiger partial charge in [0.15, 0.2) is 0 Å². The van der Waals surface area contributed by atoms with E-state index >= 15 is 0 Å². The van der Waals surface area contributed by atoms with E-state index in [9.17, 15) is 14.4 Å². The Morgan fingerprint density at radius 2 is 1.65 bits per heavy atom. The van der Waals surface area contributed by atoms with E-state index in [1.54, 1.807) is 4.90 Å². The zero-order valence-electron chi connectivity index (χ0n) is 9.94. The number of carbonyl (C=O) groups excluding carboxylic acids is 3. The second-order valence-corrected chi connectivity index (χ2v) is 3.84. The first-order valence-corrected chi connectivity index (χ1v) is 5.59. The first-order chi connectivity index (χ1) is 8.06. The van der Waals surface area contributed by atoms with Crippen molar-refractivity contribution in [2.75, 3.05) is 39.3 Å². The Balaban J connectivity index is 2.40. The van der Waals surface area contributed by atoms with Crippen LogP contribution in [-0.4, -0.2) is 66.8 Å². The summed E-state index contributed by atoms with van der Waals surface area (Å²) in [6.07, 6.45) is 0. The van der Waals surface area contributed by atoms with Crippen LogP contribution in [0.15, 0.2) is 0 Å². The molecule has 0 unspecified atom stereocenters. The van der Waals surface area contributed by atoms with Crippen molar-refractivity contribution in [3.8, 4) is 0 Å². The Kier molecular flexibility index (Phi) is 4.89. The molecule has 7 heteroatoms. The standard InChI is InChI=1S/C10H18N4O3/c1-8(15)13-4-6-14(7-5-13)10(17)9(16)12-3-2-11/h2-7,11H2,1H3,(H,12,16). The molecule has 0 aromatic rings. The van der Waals surface area contributed by atoms with Gasteiger partial charge in [0.2, 0.25) is 5.91 Å². The van der Waals surface area contributed by atoms with Crippen LogP contribution in [0.2, 0.25) is 0 Å². The summed E-state index contributed by atoms with van der Waals surface area (Å²) in [5, 5.41) is 2.43. The van der Waals surface area contributed by atoms with E-state index in [4.69, 9.17) is 5.73 Å². The van der Waals surface area contributed by atoms with Crippen molar-refractivity contribution in [1.82, 2.24) is 15.1 Å². The fraction of sp³-hybridized carbons (Fsp3) is 0.700. The maximum Gasteiger partial charge on any atom is 0.312 e. The number of carbonyl (C=O) groups is 3. The highest BCUT2D eigenvalue weighted by molar-refractivity contribution is 6.35. The second kappa shape index (κ2) is 6.19. The van der Waals surface area contributed by atoms with Gasteiger partial charge in [-0.05, 0) is 0 Å². The number of hydrogen-bond donors (Lipinski definition) is 2. The maximum atomic E-state index is 11.7. The third kappa shape index (κ3) is 3.70. The van der Waals surface area contributed by atoms with Crippen molar-refractivity contribution < 1.29 is 14.4 Å². The summed E-state index contributed by atoms with van der Waals surface area (Å²) in [4.78, 5) is 37.2. The Bertz CT molecular complexity index is 311. The molecule has 3 amide bonds. The van der Waals surface area contributed by atoms with Crippen LogP contribution in [0.3, 0.4) is 0 Å². The van der Waals surface area contributed by atoms with Crippen molar-refractivity contribution in [3.63, 3.8) is 0 Å². The van der Waals surface area contributed by atoms with Crippen LogP contribution in [-0.2, 0) is 14.4 Å². The van der Waals surface area contributed by atoms with Gasteiger partial charge in [-0.2, -0.15) is 0 Å². The van der Waals surface area contributed by atoms with Crippen LogP contribution in [0.4, 0.5) is 0 Å². The summed E-state index contributed by atoms with van der Waals surface area (Å²) in [6.45, 7) is 3.83. The van der Waals surface area contributed by atoms with Gasteiger partial charge in [0.05, 0.1) is 0 Å². The smallest absolute Gasteiger partial charge is 0.312 e. The molecule has 0 atom stereocenters. The minimum absolute atomic E-state index is 0.00955. The molecule has 1 fully saturated rings. The first kappa shape index (κ1) is 13.4. The van der Waals surface area contributed by atoms with E-state index in [-0.39, 0.29) is 12.5 Å². The fourth-order valence-corrected chi connectivity index (χ4v) is 1.63. The monoisotopic (exact) mass is 242 g/mol. The summed E-state index contributed by atoms with van der Waals surface area (Å²) in [7, 11) is 0. The molecule has 0 radical (unpaired) electrons. The van der Waals surface area contributed by atoms with Crippen molar-refractivity contribution >= 4 is 17.7 Å². The quantitative estimate of drug-likeness (QED) is 0.535. The molecule has 0 spiro atoms. The predicted octanol–water partition coefficient (Wildman–Crippen LogP) is -2.25. The van der Waals surface area contributed by atoms with E-state index < -0.39 is 11.8 Å². The van der Waals surface area contributed by atoms with Crippen LogP contribution in [0.25, 0.3) is 0 Å². The summed E-state index contributed by atoms with van der Waals surface area (Å²) >= 11 is 0. The molecule has 96 valence electrons. The van der Waals surface area contributed by atoms with Crippen molar-refractivity contribution in [2.45, 2.75) is 6.92 Å². The van der Waals surface area contributed by atoms with Crippen molar-refractivity contribution in [3.05, 3.63) is 0 Å². The van der Waals surface area contributed by atoms with Crippen LogP contribution < -0.4 is 11.1 Å². The van der Waals surface area contributed by atoms with Gasteiger partial charge in [-0.1, -0.05) is 0 Å². The summed E-state index contributed by atoms with van der Waals surface area (Å²) in [5.41, 5.74) is 5.22. The highest BCUT2D eigenvalue weighted by Crippen LogP contribution is 2.02. The van der Waals surface area contributed by atoms with Crippen molar-refractivity contribution in [1.29, 1.82) is 0 Å². The first-order valence-electron chi connectivity index (χ1n) is 5.59. The van der Waals surface area contributed by atoms with E-state index in [0.717, 1.165) is 0 Å². The lowest BCUT2D eigenvalue weighted by Crippen LogP contribution is -2.53. The minimum Gasteiger partial charge on any atom is -0.347 e. The molecule has 1 aliphatic rings. The number of piperazine rings is 1. The largest absolute Gasteiger partial charge is 0.347 e. The zero-order chi connectivity index (χ0) is 12.8. The highest BCUT2D eigenvalue weighted by atomic mass is 16.2. The minimum atomic E-state index is -0.633. The van der Waals surface area contributed by atoms with Gasteiger partial charge >= 0.3 is 11.8 Å². The van der Waals surface area contributed by atoms with Gasteiger partial charge < -0.3 is 20.9 Å². The lowest BCUT2D eigenvalue weighted by Gasteiger charge is -2.33. The van der Waals surface area contributed by atoms with Crippen LogP contribution in [0, 0.1) is 0 Å². The fourth-order valence-electron chi connectivity index (χ4n) is 1.63. The van der Waals surface area contributed by atoms with E-state index in [0.29, 0.717) is 32.7 Å². The number of hydrogen-bond acceptors (Lipinski definition) is 4. The number of rotatable bonds is 2. The topological polar surface area (TPSA) is 95.7 Å². The number of nitrogens with zero attached hydrogens (tertiary/aromatic N) is 2. The van der Waals surface area contributed by atoms with Gasteiger partial charge in [0, 0.05) is 46.2 Å². The van der Waals surface area contributed by atoms with E-state index in [2.05, 4.69) is 5.32 Å². The molecular formula is C10H18N4O3. The molecule has 0 bridgehead atoms. The molecule has 0 aromatic carbocycles. The highest BCUT2D eigenvalue weighted by Gasteiger charge is 2.26. The second-order valence-electron chi connectivity index (χ2n) is 3.84. The molecule has 1 rings (SSSR count). The molecule has 3 N–H and O–H groups in total. The number of amides is 3. The Labute approximate surface area is 99.9 Å². The third-order valence-electron chi connectivity index (χ3n) is 2.64. The average molecular weight is 242 g/mol. The predicted molar refractivity (Wildman–Crippen MR) is 60.9 cm³/mol.